The van der Waals surface area contributed by atoms with Gasteiger partial charge in [-0.1, -0.05) is 48.0 Å². The van der Waals surface area contributed by atoms with Crippen LogP contribution in [-0.4, -0.2) is 25.2 Å². The molecule has 0 spiro atoms. The van der Waals surface area contributed by atoms with Gasteiger partial charge in [0.15, 0.2) is 0 Å². The maximum Gasteiger partial charge on any atom is 0.245 e. The molecule has 0 N–H and O–H groups in total. The van der Waals surface area contributed by atoms with Crippen LogP contribution in [0.3, 0.4) is 0 Å². The molecule has 1 aliphatic heterocycles. The molecule has 3 aromatic rings. The van der Waals surface area contributed by atoms with E-state index >= 15 is 0 Å². The van der Waals surface area contributed by atoms with Crippen LogP contribution in [0.25, 0.3) is 0 Å². The second-order valence-electron chi connectivity index (χ2n) is 6.98. The van der Waals surface area contributed by atoms with Crippen molar-refractivity contribution in [1.82, 2.24) is 4.31 Å². The van der Waals surface area contributed by atoms with Crippen LogP contribution in [0.15, 0.2) is 77.7 Å². The summed E-state index contributed by atoms with van der Waals surface area (Å²) in [6, 6.07) is 19.1. The van der Waals surface area contributed by atoms with Crippen molar-refractivity contribution in [3.63, 3.8) is 0 Å². The smallest absolute Gasteiger partial charge is 0.245 e. The van der Waals surface area contributed by atoms with E-state index in [0.717, 1.165) is 4.31 Å². The third-order valence-electron chi connectivity index (χ3n) is 4.89. The van der Waals surface area contributed by atoms with Crippen molar-refractivity contribution < 1.29 is 17.6 Å². The molecule has 4 rings (SSSR count). The Morgan fingerprint density at radius 2 is 1.63 bits per heavy atom. The number of rotatable bonds is 4. The van der Waals surface area contributed by atoms with E-state index in [4.69, 9.17) is 11.6 Å². The molecule has 30 heavy (non-hydrogen) atoms. The van der Waals surface area contributed by atoms with Crippen LogP contribution in [0.5, 0.6) is 0 Å². The van der Waals surface area contributed by atoms with Gasteiger partial charge in [0.05, 0.1) is 18.8 Å². The van der Waals surface area contributed by atoms with Crippen LogP contribution in [0.1, 0.15) is 11.1 Å². The zero-order chi connectivity index (χ0) is 21.3. The molecule has 0 aliphatic carbocycles. The number of carbonyl (C=O) groups is 1. The normalized spacial score (nSPS) is 16.2. The minimum absolute atomic E-state index is 0.0351. The third-order valence-corrected chi connectivity index (χ3v) is 6.98. The third kappa shape index (κ3) is 4.09. The fourth-order valence-electron chi connectivity index (χ4n) is 3.42. The molecular formula is C22H18ClFN2O3S. The van der Waals surface area contributed by atoms with E-state index in [-0.39, 0.29) is 36.1 Å². The molecule has 0 saturated heterocycles. The molecule has 0 radical (unpaired) electrons. The average Bonchev–Trinajstić information content (AvgIpc) is 2.79. The Morgan fingerprint density at radius 3 is 2.37 bits per heavy atom. The number of hydrogen-bond donors (Lipinski definition) is 0. The van der Waals surface area contributed by atoms with Crippen LogP contribution in [0, 0.1) is 5.82 Å². The van der Waals surface area contributed by atoms with Gasteiger partial charge in [-0.25, -0.2) is 12.8 Å². The first-order chi connectivity index (χ1) is 14.3. The predicted molar refractivity (Wildman–Crippen MR) is 113 cm³/mol. The van der Waals surface area contributed by atoms with Gasteiger partial charge in [0.1, 0.15) is 10.7 Å². The topological polar surface area (TPSA) is 57.7 Å². The summed E-state index contributed by atoms with van der Waals surface area (Å²) in [7, 11) is -3.93. The fourth-order valence-corrected chi connectivity index (χ4v) is 5.12. The summed E-state index contributed by atoms with van der Waals surface area (Å²) in [5, 5.41) is 0.542. The van der Waals surface area contributed by atoms with Gasteiger partial charge in [-0.2, -0.15) is 4.31 Å². The van der Waals surface area contributed by atoms with Gasteiger partial charge in [-0.05, 0) is 47.5 Å². The average molecular weight is 445 g/mol. The van der Waals surface area contributed by atoms with Gasteiger partial charge in [-0.3, -0.25) is 4.79 Å². The van der Waals surface area contributed by atoms with Crippen LogP contribution < -0.4 is 4.90 Å². The van der Waals surface area contributed by atoms with Gasteiger partial charge in [-0.15, -0.1) is 0 Å². The van der Waals surface area contributed by atoms with E-state index in [1.807, 2.05) is 0 Å². The Balaban J connectivity index is 1.74. The number of nitrogens with zero attached hydrogens (tertiary/aromatic N) is 2. The van der Waals surface area contributed by atoms with E-state index in [1.54, 1.807) is 54.6 Å². The quantitative estimate of drug-likeness (QED) is 0.605. The molecule has 1 aliphatic rings. The highest BCUT2D eigenvalue weighted by molar-refractivity contribution is 7.89. The number of hydrogen-bond acceptors (Lipinski definition) is 3. The first-order valence-electron chi connectivity index (χ1n) is 9.23. The van der Waals surface area contributed by atoms with E-state index in [0.29, 0.717) is 16.1 Å². The lowest BCUT2D eigenvalue weighted by Gasteiger charge is -2.22. The highest BCUT2D eigenvalue weighted by Gasteiger charge is 2.36. The molecule has 0 unspecified atom stereocenters. The largest absolute Gasteiger partial charge is 0.305 e. The lowest BCUT2D eigenvalue weighted by molar-refractivity contribution is -0.119. The van der Waals surface area contributed by atoms with Gasteiger partial charge in [0.25, 0.3) is 0 Å². The number of sulfonamides is 1. The number of benzene rings is 3. The lowest BCUT2D eigenvalue weighted by Crippen LogP contribution is -2.38. The number of fused-ring (bicyclic) bond motifs is 1. The minimum Gasteiger partial charge on any atom is -0.305 e. The van der Waals surface area contributed by atoms with Crippen LogP contribution in [0.4, 0.5) is 10.1 Å². The Hall–Kier alpha value is -2.74. The predicted octanol–water partition coefficient (Wildman–Crippen LogP) is 4.22. The molecule has 1 heterocycles. The zero-order valence-corrected chi connectivity index (χ0v) is 17.4. The van der Waals surface area contributed by atoms with Crippen molar-refractivity contribution in [2.75, 3.05) is 11.4 Å². The number of para-hydroxylation sites is 1. The molecular weight excluding hydrogens is 427 g/mol. The van der Waals surface area contributed by atoms with E-state index in [1.165, 1.54) is 23.1 Å². The highest BCUT2D eigenvalue weighted by Crippen LogP contribution is 2.33. The van der Waals surface area contributed by atoms with E-state index in [9.17, 15) is 17.6 Å². The Bertz CT molecular complexity index is 1200. The molecule has 154 valence electrons. The van der Waals surface area contributed by atoms with Gasteiger partial charge < -0.3 is 4.90 Å². The summed E-state index contributed by atoms with van der Waals surface area (Å²) in [6.07, 6.45) is 0. The van der Waals surface area contributed by atoms with E-state index in [2.05, 4.69) is 0 Å². The standard InChI is InChI=1S/C22H18ClFN2O3S/c23-18-10-8-16(9-11-18)13-25-15-22(27)26(14-17-4-3-5-19(24)12-17)20-6-1-2-7-21(20)30(25,28)29/h1-12H,13-15H2. The van der Waals surface area contributed by atoms with Crippen molar-refractivity contribution in [2.45, 2.75) is 18.0 Å². The Labute approximate surface area is 179 Å². The molecule has 1 amide bonds. The summed E-state index contributed by atoms with van der Waals surface area (Å²) in [6.45, 7) is -0.222. The molecule has 8 heteroatoms. The number of carbonyl (C=O) groups excluding carboxylic acids is 1. The Kier molecular flexibility index (Phi) is 5.60. The second kappa shape index (κ2) is 8.18. The number of amides is 1. The number of halogens is 2. The molecule has 5 nitrogen and oxygen atoms in total. The van der Waals surface area contributed by atoms with Crippen molar-refractivity contribution in [1.29, 1.82) is 0 Å². The number of anilines is 1. The van der Waals surface area contributed by atoms with Crippen LogP contribution >= 0.6 is 11.6 Å². The molecule has 0 saturated carbocycles. The minimum atomic E-state index is -3.93. The molecule has 0 bridgehead atoms. The first-order valence-corrected chi connectivity index (χ1v) is 11.0. The summed E-state index contributed by atoms with van der Waals surface area (Å²) in [4.78, 5) is 14.5. The van der Waals surface area contributed by atoms with Crippen LogP contribution in [-0.2, 0) is 27.9 Å². The van der Waals surface area contributed by atoms with Gasteiger partial charge in [0, 0.05) is 11.6 Å². The summed E-state index contributed by atoms with van der Waals surface area (Å²) < 4.78 is 41.5. The molecule has 3 aromatic carbocycles. The van der Waals surface area contributed by atoms with Crippen molar-refractivity contribution in [3.8, 4) is 0 Å². The SMILES string of the molecule is O=C1CN(Cc2ccc(Cl)cc2)S(=O)(=O)c2ccccc2N1Cc1cccc(F)c1. The van der Waals surface area contributed by atoms with Gasteiger partial charge in [0.2, 0.25) is 15.9 Å². The van der Waals surface area contributed by atoms with Crippen LogP contribution in [0.2, 0.25) is 5.02 Å². The summed E-state index contributed by atoms with van der Waals surface area (Å²) in [5.41, 5.74) is 1.57. The molecule has 0 aromatic heterocycles. The first kappa shape index (κ1) is 20.5. The fraction of sp³-hybridized carbons (Fsp3) is 0.136. The van der Waals surface area contributed by atoms with Crippen molar-refractivity contribution >= 4 is 33.2 Å². The lowest BCUT2D eigenvalue weighted by atomic mass is 10.2. The molecule has 0 atom stereocenters. The van der Waals surface area contributed by atoms with Crippen molar-refractivity contribution in [3.05, 3.63) is 94.8 Å². The maximum atomic E-state index is 13.6. The van der Waals surface area contributed by atoms with E-state index < -0.39 is 15.8 Å². The van der Waals surface area contributed by atoms with Gasteiger partial charge >= 0.3 is 0 Å². The summed E-state index contributed by atoms with van der Waals surface area (Å²) in [5.74, 6) is -0.804. The zero-order valence-electron chi connectivity index (χ0n) is 15.8. The monoisotopic (exact) mass is 444 g/mol. The van der Waals surface area contributed by atoms with Crippen molar-refractivity contribution in [2.24, 2.45) is 0 Å². The summed E-state index contributed by atoms with van der Waals surface area (Å²) >= 11 is 5.91. The highest BCUT2D eigenvalue weighted by atomic mass is 35.5. The Morgan fingerprint density at radius 1 is 0.900 bits per heavy atom. The maximum absolute atomic E-state index is 13.6. The second-order valence-corrected chi connectivity index (χ2v) is 9.32. The molecule has 0 fully saturated rings.